The minimum atomic E-state index is 0.597. The van der Waals surface area contributed by atoms with E-state index in [-0.39, 0.29) is 0 Å². The molecule has 18 heavy (non-hydrogen) atoms. The average molecular weight is 327 g/mol. The molecule has 0 saturated carbocycles. The Morgan fingerprint density at radius 1 is 1.28 bits per heavy atom. The van der Waals surface area contributed by atoms with Crippen molar-refractivity contribution in [3.8, 4) is 11.5 Å². The van der Waals surface area contributed by atoms with Crippen LogP contribution in [0, 0.1) is 0 Å². The third-order valence-corrected chi connectivity index (χ3v) is 3.87. The van der Waals surface area contributed by atoms with E-state index in [1.807, 2.05) is 23.0 Å². The van der Waals surface area contributed by atoms with Crippen LogP contribution in [0.4, 0.5) is 5.69 Å². The summed E-state index contributed by atoms with van der Waals surface area (Å²) in [6.45, 7) is 1.90. The van der Waals surface area contributed by atoms with Gasteiger partial charge in [-0.1, -0.05) is 0 Å². The summed E-state index contributed by atoms with van der Waals surface area (Å²) in [5, 5.41) is 5.35. The van der Waals surface area contributed by atoms with E-state index in [9.17, 15) is 0 Å². The highest BCUT2D eigenvalue weighted by atomic mass is 79.9. The van der Waals surface area contributed by atoms with Crippen molar-refractivity contribution in [3.05, 3.63) is 33.2 Å². The zero-order valence-corrected chi connectivity index (χ0v) is 11.9. The highest BCUT2D eigenvalue weighted by Gasteiger charge is 2.14. The summed E-state index contributed by atoms with van der Waals surface area (Å²) in [5.74, 6) is 1.57. The van der Waals surface area contributed by atoms with Gasteiger partial charge in [0.1, 0.15) is 13.2 Å². The summed E-state index contributed by atoms with van der Waals surface area (Å²) in [5.41, 5.74) is 3.84. The Bertz CT molecular complexity index is 545. The number of aromatic nitrogens is 1. The Labute approximate surface area is 117 Å². The first-order chi connectivity index (χ1) is 8.83. The molecule has 1 aliphatic rings. The standard InChI is InChI=1S/C12H11BrN2O2S/c13-9-3-11-12(17-2-1-16-11)4-10(9)14-5-8-6-18-7-15-8/h3-4,6-7,14H,1-2,5H2. The fraction of sp³-hybridized carbons (Fsp3) is 0.250. The minimum Gasteiger partial charge on any atom is -0.486 e. The molecule has 0 radical (unpaired) electrons. The molecule has 0 saturated heterocycles. The van der Waals surface area contributed by atoms with Gasteiger partial charge in [0.25, 0.3) is 0 Å². The van der Waals surface area contributed by atoms with E-state index in [2.05, 4.69) is 26.2 Å². The molecule has 1 N–H and O–H groups in total. The van der Waals surface area contributed by atoms with Gasteiger partial charge in [-0.05, 0) is 15.9 Å². The SMILES string of the molecule is Brc1cc2c(cc1NCc1cscn1)OCCO2. The van der Waals surface area contributed by atoms with E-state index in [0.29, 0.717) is 19.8 Å². The topological polar surface area (TPSA) is 43.4 Å². The molecule has 1 aliphatic heterocycles. The van der Waals surface area contributed by atoms with E-state index < -0.39 is 0 Å². The minimum absolute atomic E-state index is 0.597. The molecule has 3 rings (SSSR count). The summed E-state index contributed by atoms with van der Waals surface area (Å²) >= 11 is 5.12. The van der Waals surface area contributed by atoms with Crippen molar-refractivity contribution in [1.82, 2.24) is 4.98 Å². The van der Waals surface area contributed by atoms with Gasteiger partial charge in [-0.3, -0.25) is 0 Å². The average Bonchev–Trinajstić information content (AvgIpc) is 2.89. The number of benzene rings is 1. The molecule has 0 aliphatic carbocycles. The largest absolute Gasteiger partial charge is 0.486 e. The molecular formula is C12H11BrN2O2S. The van der Waals surface area contributed by atoms with Crippen LogP contribution < -0.4 is 14.8 Å². The predicted octanol–water partition coefficient (Wildman–Crippen LogP) is 3.29. The smallest absolute Gasteiger partial charge is 0.163 e. The number of rotatable bonds is 3. The van der Waals surface area contributed by atoms with E-state index >= 15 is 0 Å². The highest BCUT2D eigenvalue weighted by molar-refractivity contribution is 9.10. The van der Waals surface area contributed by atoms with Gasteiger partial charge in [-0.15, -0.1) is 11.3 Å². The zero-order valence-electron chi connectivity index (χ0n) is 9.48. The number of fused-ring (bicyclic) bond motifs is 1. The van der Waals surface area contributed by atoms with Crippen molar-refractivity contribution in [1.29, 1.82) is 0 Å². The number of hydrogen-bond donors (Lipinski definition) is 1. The van der Waals surface area contributed by atoms with Crippen LogP contribution >= 0.6 is 27.3 Å². The predicted molar refractivity (Wildman–Crippen MR) is 74.6 cm³/mol. The van der Waals surface area contributed by atoms with Crippen LogP contribution in [-0.2, 0) is 6.54 Å². The Hall–Kier alpha value is -1.27. The van der Waals surface area contributed by atoms with E-state index in [1.165, 1.54) is 0 Å². The van der Waals surface area contributed by atoms with Crippen LogP contribution in [0.5, 0.6) is 11.5 Å². The molecule has 0 unspecified atom stereocenters. The fourth-order valence-electron chi connectivity index (χ4n) is 1.71. The first-order valence-electron chi connectivity index (χ1n) is 5.53. The molecule has 0 spiro atoms. The molecule has 94 valence electrons. The van der Waals surface area contributed by atoms with Gasteiger partial charge in [0.2, 0.25) is 0 Å². The second-order valence-electron chi connectivity index (χ2n) is 3.81. The lowest BCUT2D eigenvalue weighted by atomic mass is 10.2. The number of nitrogens with zero attached hydrogens (tertiary/aromatic N) is 1. The van der Waals surface area contributed by atoms with Crippen molar-refractivity contribution in [2.75, 3.05) is 18.5 Å². The van der Waals surface area contributed by atoms with E-state index in [4.69, 9.17) is 9.47 Å². The molecule has 1 aromatic carbocycles. The molecule has 0 fully saturated rings. The molecule has 4 nitrogen and oxygen atoms in total. The third-order valence-electron chi connectivity index (χ3n) is 2.58. The number of hydrogen-bond acceptors (Lipinski definition) is 5. The van der Waals surface area contributed by atoms with Crippen LogP contribution in [0.1, 0.15) is 5.69 Å². The lowest BCUT2D eigenvalue weighted by Gasteiger charge is -2.20. The molecule has 6 heteroatoms. The Kier molecular flexibility index (Phi) is 3.38. The van der Waals surface area contributed by atoms with Crippen molar-refractivity contribution >= 4 is 33.0 Å². The van der Waals surface area contributed by atoms with Crippen LogP contribution in [-0.4, -0.2) is 18.2 Å². The van der Waals surface area contributed by atoms with Crippen molar-refractivity contribution in [3.63, 3.8) is 0 Å². The monoisotopic (exact) mass is 326 g/mol. The quantitative estimate of drug-likeness (QED) is 0.939. The molecular weight excluding hydrogens is 316 g/mol. The maximum Gasteiger partial charge on any atom is 0.163 e. The van der Waals surface area contributed by atoms with Crippen LogP contribution in [0.25, 0.3) is 0 Å². The summed E-state index contributed by atoms with van der Waals surface area (Å²) in [7, 11) is 0. The van der Waals surface area contributed by atoms with Gasteiger partial charge in [0, 0.05) is 22.0 Å². The van der Waals surface area contributed by atoms with Crippen LogP contribution in [0.15, 0.2) is 27.5 Å². The lowest BCUT2D eigenvalue weighted by Crippen LogP contribution is -2.15. The highest BCUT2D eigenvalue weighted by Crippen LogP contribution is 2.38. The Morgan fingerprint density at radius 2 is 2.06 bits per heavy atom. The fourth-order valence-corrected chi connectivity index (χ4v) is 2.73. The normalized spacial score (nSPS) is 13.4. The number of nitrogens with one attached hydrogen (secondary N) is 1. The van der Waals surface area contributed by atoms with Gasteiger partial charge in [0.05, 0.1) is 23.4 Å². The maximum atomic E-state index is 5.56. The maximum absolute atomic E-state index is 5.56. The van der Waals surface area contributed by atoms with Crippen molar-refractivity contribution in [2.45, 2.75) is 6.54 Å². The molecule has 1 aromatic heterocycles. The second-order valence-corrected chi connectivity index (χ2v) is 5.38. The lowest BCUT2D eigenvalue weighted by molar-refractivity contribution is 0.171. The van der Waals surface area contributed by atoms with Crippen LogP contribution in [0.2, 0.25) is 0 Å². The Balaban J connectivity index is 1.79. The van der Waals surface area contributed by atoms with Gasteiger partial charge in [0.15, 0.2) is 11.5 Å². The molecule has 2 heterocycles. The van der Waals surface area contributed by atoms with Gasteiger partial charge in [-0.2, -0.15) is 0 Å². The van der Waals surface area contributed by atoms with Crippen LogP contribution in [0.3, 0.4) is 0 Å². The number of thiazole rings is 1. The molecule has 0 amide bonds. The van der Waals surface area contributed by atoms with E-state index in [0.717, 1.165) is 27.4 Å². The van der Waals surface area contributed by atoms with Gasteiger partial charge < -0.3 is 14.8 Å². The number of ether oxygens (including phenoxy) is 2. The van der Waals surface area contributed by atoms with Crippen molar-refractivity contribution < 1.29 is 9.47 Å². The third kappa shape index (κ3) is 2.44. The molecule has 2 aromatic rings. The summed E-state index contributed by atoms with van der Waals surface area (Å²) in [6, 6.07) is 3.88. The second kappa shape index (κ2) is 5.16. The number of anilines is 1. The van der Waals surface area contributed by atoms with Gasteiger partial charge in [-0.25, -0.2) is 4.98 Å². The first kappa shape index (κ1) is 11.8. The summed E-state index contributed by atoms with van der Waals surface area (Å²) in [4.78, 5) is 4.23. The molecule has 0 bridgehead atoms. The number of halogens is 1. The van der Waals surface area contributed by atoms with E-state index in [1.54, 1.807) is 11.3 Å². The summed E-state index contributed by atoms with van der Waals surface area (Å²) < 4.78 is 12.0. The molecule has 0 atom stereocenters. The summed E-state index contributed by atoms with van der Waals surface area (Å²) in [6.07, 6.45) is 0. The van der Waals surface area contributed by atoms with Crippen molar-refractivity contribution in [2.24, 2.45) is 0 Å². The zero-order chi connectivity index (χ0) is 12.4. The van der Waals surface area contributed by atoms with Gasteiger partial charge >= 0.3 is 0 Å². The Morgan fingerprint density at radius 3 is 2.78 bits per heavy atom. The first-order valence-corrected chi connectivity index (χ1v) is 7.26.